The second-order valence-electron chi connectivity index (χ2n) is 3.38. The lowest BCUT2D eigenvalue weighted by molar-refractivity contribution is 0.129. The minimum atomic E-state index is -0.314. The quantitative estimate of drug-likeness (QED) is 0.832. The number of ether oxygens (including phenoxy) is 1. The Morgan fingerprint density at radius 3 is 2.44 bits per heavy atom. The topological polar surface area (TPSA) is 38.3 Å². The van der Waals surface area contributed by atoms with Gasteiger partial charge in [-0.2, -0.15) is 0 Å². The molecule has 1 fully saturated rings. The van der Waals surface area contributed by atoms with E-state index in [0.717, 1.165) is 12.0 Å². The van der Waals surface area contributed by atoms with Gasteiger partial charge in [0.2, 0.25) is 0 Å². The Morgan fingerprint density at radius 2 is 1.88 bits per heavy atom. The van der Waals surface area contributed by atoms with Crippen molar-refractivity contribution in [2.75, 3.05) is 0 Å². The van der Waals surface area contributed by atoms with E-state index in [9.17, 15) is 4.79 Å². The van der Waals surface area contributed by atoms with Crippen LogP contribution in [0.1, 0.15) is 38.8 Å². The molecular formula is C13H19NO2. The molecule has 1 heterocycles. The lowest BCUT2D eigenvalue weighted by Gasteiger charge is -2.14. The van der Waals surface area contributed by atoms with E-state index < -0.39 is 0 Å². The summed E-state index contributed by atoms with van der Waals surface area (Å²) in [5.74, 6) is 0. The van der Waals surface area contributed by atoms with Gasteiger partial charge >= 0.3 is 6.09 Å². The standard InChI is InChI=1S/C11H13NO2.C2H6/c1-2-9-10(12-11(13)14-9)8-6-4-3-5-7-8;1-2/h3-7,9-10H,2H2,1H3,(H,12,13);1-2H3. The van der Waals surface area contributed by atoms with Gasteiger partial charge < -0.3 is 10.1 Å². The number of rotatable bonds is 2. The average molecular weight is 221 g/mol. The highest BCUT2D eigenvalue weighted by Gasteiger charge is 2.33. The molecule has 0 spiro atoms. The van der Waals surface area contributed by atoms with Crippen LogP contribution in [0.4, 0.5) is 4.79 Å². The molecule has 2 rings (SSSR count). The number of nitrogens with one attached hydrogen (secondary N) is 1. The van der Waals surface area contributed by atoms with Crippen molar-refractivity contribution in [1.82, 2.24) is 5.32 Å². The molecule has 1 saturated heterocycles. The van der Waals surface area contributed by atoms with Crippen molar-refractivity contribution in [2.45, 2.75) is 39.3 Å². The fourth-order valence-electron chi connectivity index (χ4n) is 1.74. The van der Waals surface area contributed by atoms with Crippen LogP contribution in [-0.4, -0.2) is 12.2 Å². The fourth-order valence-corrected chi connectivity index (χ4v) is 1.74. The van der Waals surface area contributed by atoms with Crippen molar-refractivity contribution in [3.63, 3.8) is 0 Å². The summed E-state index contributed by atoms with van der Waals surface area (Å²) in [6.07, 6.45) is 0.480. The van der Waals surface area contributed by atoms with Crippen LogP contribution in [-0.2, 0) is 4.74 Å². The molecule has 0 radical (unpaired) electrons. The third-order valence-corrected chi connectivity index (χ3v) is 2.46. The molecule has 0 aliphatic carbocycles. The minimum Gasteiger partial charge on any atom is -0.444 e. The summed E-state index contributed by atoms with van der Waals surface area (Å²) >= 11 is 0. The Hall–Kier alpha value is -1.51. The molecule has 1 aromatic rings. The Balaban J connectivity index is 0.000000606. The normalized spacial score (nSPS) is 22.8. The Bertz CT molecular complexity index is 324. The van der Waals surface area contributed by atoms with E-state index in [-0.39, 0.29) is 18.2 Å². The first-order valence-corrected chi connectivity index (χ1v) is 5.83. The molecule has 2 unspecified atom stereocenters. The Labute approximate surface area is 96.8 Å². The van der Waals surface area contributed by atoms with Gasteiger partial charge in [0.05, 0.1) is 6.04 Å². The van der Waals surface area contributed by atoms with E-state index in [0.29, 0.717) is 0 Å². The molecular weight excluding hydrogens is 202 g/mol. The summed E-state index contributed by atoms with van der Waals surface area (Å²) in [6, 6.07) is 9.90. The first kappa shape index (κ1) is 12.6. The summed E-state index contributed by atoms with van der Waals surface area (Å²) in [4.78, 5) is 11.1. The van der Waals surface area contributed by atoms with Gasteiger partial charge in [-0.3, -0.25) is 0 Å². The number of hydrogen-bond acceptors (Lipinski definition) is 2. The third-order valence-electron chi connectivity index (χ3n) is 2.46. The van der Waals surface area contributed by atoms with E-state index in [1.54, 1.807) is 0 Å². The van der Waals surface area contributed by atoms with Gasteiger partial charge in [-0.05, 0) is 12.0 Å². The second kappa shape index (κ2) is 6.16. The van der Waals surface area contributed by atoms with E-state index in [1.165, 1.54) is 0 Å². The molecule has 1 aliphatic rings. The number of alkyl carbamates (subject to hydrolysis) is 1. The number of carbonyl (C=O) groups is 1. The van der Waals surface area contributed by atoms with Crippen molar-refractivity contribution >= 4 is 6.09 Å². The van der Waals surface area contributed by atoms with Gasteiger partial charge in [-0.25, -0.2) is 4.79 Å². The van der Waals surface area contributed by atoms with Gasteiger partial charge in [-0.1, -0.05) is 51.1 Å². The van der Waals surface area contributed by atoms with Gasteiger partial charge in [0, 0.05) is 0 Å². The number of amides is 1. The van der Waals surface area contributed by atoms with E-state index >= 15 is 0 Å². The van der Waals surface area contributed by atoms with Crippen molar-refractivity contribution < 1.29 is 9.53 Å². The van der Waals surface area contributed by atoms with Crippen LogP contribution in [0.25, 0.3) is 0 Å². The molecule has 2 atom stereocenters. The largest absolute Gasteiger partial charge is 0.444 e. The van der Waals surface area contributed by atoms with Crippen molar-refractivity contribution in [3.8, 4) is 0 Å². The summed E-state index contributed by atoms with van der Waals surface area (Å²) in [7, 11) is 0. The molecule has 0 bridgehead atoms. The molecule has 1 N–H and O–H groups in total. The van der Waals surface area contributed by atoms with Crippen LogP contribution < -0.4 is 5.32 Å². The first-order valence-electron chi connectivity index (χ1n) is 5.83. The molecule has 1 aliphatic heterocycles. The van der Waals surface area contributed by atoms with Gasteiger partial charge in [0.1, 0.15) is 6.10 Å². The highest BCUT2D eigenvalue weighted by molar-refractivity contribution is 5.70. The third kappa shape index (κ3) is 2.75. The Kier molecular flexibility index (Phi) is 4.83. The highest BCUT2D eigenvalue weighted by Crippen LogP contribution is 2.26. The Morgan fingerprint density at radius 1 is 1.25 bits per heavy atom. The summed E-state index contributed by atoms with van der Waals surface area (Å²) < 4.78 is 5.13. The second-order valence-corrected chi connectivity index (χ2v) is 3.38. The SMILES string of the molecule is CC.CCC1OC(=O)NC1c1ccccc1. The molecule has 88 valence electrons. The van der Waals surface area contributed by atoms with Gasteiger partial charge in [0.25, 0.3) is 0 Å². The van der Waals surface area contributed by atoms with Crippen molar-refractivity contribution in [2.24, 2.45) is 0 Å². The monoisotopic (exact) mass is 221 g/mol. The van der Waals surface area contributed by atoms with E-state index in [2.05, 4.69) is 5.32 Å². The zero-order chi connectivity index (χ0) is 12.0. The summed E-state index contributed by atoms with van der Waals surface area (Å²) in [5.41, 5.74) is 1.10. The highest BCUT2D eigenvalue weighted by atomic mass is 16.6. The lowest BCUT2D eigenvalue weighted by atomic mass is 10.0. The van der Waals surface area contributed by atoms with Crippen LogP contribution in [0, 0.1) is 0 Å². The number of carbonyl (C=O) groups excluding carboxylic acids is 1. The van der Waals surface area contributed by atoms with Crippen LogP contribution in [0.15, 0.2) is 30.3 Å². The number of benzene rings is 1. The minimum absolute atomic E-state index is 0.00806. The summed E-state index contributed by atoms with van der Waals surface area (Å²) in [5, 5.41) is 2.81. The lowest BCUT2D eigenvalue weighted by Crippen LogP contribution is -2.22. The van der Waals surface area contributed by atoms with Crippen molar-refractivity contribution in [3.05, 3.63) is 35.9 Å². The maximum Gasteiger partial charge on any atom is 0.408 e. The van der Waals surface area contributed by atoms with Gasteiger partial charge in [-0.15, -0.1) is 0 Å². The van der Waals surface area contributed by atoms with Crippen molar-refractivity contribution in [1.29, 1.82) is 0 Å². The number of cyclic esters (lactones) is 1. The smallest absolute Gasteiger partial charge is 0.408 e. The predicted octanol–water partition coefficient (Wildman–Crippen LogP) is 3.27. The van der Waals surface area contributed by atoms with Crippen LogP contribution >= 0.6 is 0 Å². The molecule has 1 aromatic carbocycles. The average Bonchev–Trinajstić information content (AvgIpc) is 2.74. The first-order chi connectivity index (χ1) is 7.81. The predicted molar refractivity (Wildman–Crippen MR) is 64.2 cm³/mol. The molecule has 0 aromatic heterocycles. The molecule has 1 amide bonds. The van der Waals surface area contributed by atoms with Crippen LogP contribution in [0.3, 0.4) is 0 Å². The molecule has 3 heteroatoms. The van der Waals surface area contributed by atoms with Crippen LogP contribution in [0.5, 0.6) is 0 Å². The number of hydrogen-bond donors (Lipinski definition) is 1. The van der Waals surface area contributed by atoms with E-state index in [1.807, 2.05) is 51.1 Å². The zero-order valence-corrected chi connectivity index (χ0v) is 10.1. The molecule has 3 nitrogen and oxygen atoms in total. The summed E-state index contributed by atoms with van der Waals surface area (Å²) in [6.45, 7) is 6.01. The van der Waals surface area contributed by atoms with E-state index in [4.69, 9.17) is 4.74 Å². The van der Waals surface area contributed by atoms with Crippen LogP contribution in [0.2, 0.25) is 0 Å². The maximum atomic E-state index is 11.1. The molecule has 0 saturated carbocycles. The fraction of sp³-hybridized carbons (Fsp3) is 0.462. The maximum absolute atomic E-state index is 11.1. The van der Waals surface area contributed by atoms with Gasteiger partial charge in [0.15, 0.2) is 0 Å². The molecule has 16 heavy (non-hydrogen) atoms. The zero-order valence-electron chi connectivity index (χ0n) is 10.1.